The van der Waals surface area contributed by atoms with Crippen molar-refractivity contribution in [2.45, 2.75) is 18.4 Å². The number of benzene rings is 2. The summed E-state index contributed by atoms with van der Waals surface area (Å²) in [6, 6.07) is 11.9. The number of methoxy groups -OCH3 is 1. The molecule has 0 radical (unpaired) electrons. The maximum Gasteiger partial charge on any atom is 0.322 e. The van der Waals surface area contributed by atoms with Crippen molar-refractivity contribution in [3.05, 3.63) is 58.1 Å². The minimum absolute atomic E-state index is 0.0700. The van der Waals surface area contributed by atoms with Crippen LogP contribution in [0.1, 0.15) is 18.4 Å². The zero-order valence-electron chi connectivity index (χ0n) is 18.1. The Balaban J connectivity index is 1.46. The van der Waals surface area contributed by atoms with Gasteiger partial charge in [-0.1, -0.05) is 29.3 Å². The highest BCUT2D eigenvalue weighted by atomic mass is 35.5. The van der Waals surface area contributed by atoms with Crippen molar-refractivity contribution in [2.75, 3.05) is 38.2 Å². The topological polar surface area (TPSA) is 91.0 Å². The van der Waals surface area contributed by atoms with E-state index < -0.39 is 17.5 Å². The second kappa shape index (κ2) is 9.49. The van der Waals surface area contributed by atoms with Crippen LogP contribution in [0.15, 0.2) is 42.5 Å². The van der Waals surface area contributed by atoms with Gasteiger partial charge in [-0.2, -0.15) is 0 Å². The maximum atomic E-state index is 13.0. The Morgan fingerprint density at radius 3 is 2.42 bits per heavy atom. The molecule has 2 aromatic carbocycles. The van der Waals surface area contributed by atoms with E-state index in [0.717, 1.165) is 5.69 Å². The Bertz CT molecular complexity index is 1090. The molecular formula is C23H24Cl2N4O4. The van der Waals surface area contributed by atoms with Gasteiger partial charge in [-0.15, -0.1) is 0 Å². The molecule has 0 spiro atoms. The normalized spacial score (nSPS) is 20.5. The summed E-state index contributed by atoms with van der Waals surface area (Å²) >= 11 is 12.3. The Kier molecular flexibility index (Phi) is 6.67. The van der Waals surface area contributed by atoms with Gasteiger partial charge >= 0.3 is 6.03 Å². The van der Waals surface area contributed by atoms with Gasteiger partial charge in [0, 0.05) is 53.9 Å². The fraction of sp³-hybridized carbons (Fsp3) is 0.348. The molecule has 2 fully saturated rings. The molecule has 4 rings (SSSR count). The van der Waals surface area contributed by atoms with Crippen molar-refractivity contribution in [3.8, 4) is 5.75 Å². The first-order chi connectivity index (χ1) is 15.8. The monoisotopic (exact) mass is 490 g/mol. The van der Waals surface area contributed by atoms with Crippen molar-refractivity contribution < 1.29 is 19.1 Å². The molecule has 8 nitrogen and oxygen atoms in total. The van der Waals surface area contributed by atoms with E-state index in [2.05, 4.69) is 15.5 Å². The smallest absolute Gasteiger partial charge is 0.322 e. The van der Waals surface area contributed by atoms with Crippen molar-refractivity contribution in [1.82, 2.24) is 15.5 Å². The number of amides is 4. The minimum Gasteiger partial charge on any atom is -0.496 e. The fourth-order valence-corrected chi connectivity index (χ4v) is 4.70. The number of halogens is 2. The van der Waals surface area contributed by atoms with E-state index in [-0.39, 0.29) is 18.7 Å². The molecule has 10 heteroatoms. The first kappa shape index (κ1) is 23.2. The zero-order valence-corrected chi connectivity index (χ0v) is 19.6. The standard InChI is InChI=1S/C23H24Cl2N4O4/c1-33-19-6-5-16(25)14-18(19)23(21(31)26-22(32)27-23)8-7-20(30)29-11-9-28(10-12-29)17-4-2-3-15(24)13-17/h2-6,13-14H,7-12H2,1H3,(H2,26,27,31,32). The molecule has 0 bridgehead atoms. The van der Waals surface area contributed by atoms with Gasteiger partial charge in [-0.3, -0.25) is 14.9 Å². The largest absolute Gasteiger partial charge is 0.496 e. The van der Waals surface area contributed by atoms with E-state index in [1.165, 1.54) is 7.11 Å². The van der Waals surface area contributed by atoms with E-state index >= 15 is 0 Å². The van der Waals surface area contributed by atoms with E-state index in [1.807, 2.05) is 24.3 Å². The molecule has 1 unspecified atom stereocenters. The summed E-state index contributed by atoms with van der Waals surface area (Å²) in [5.74, 6) is -0.221. The van der Waals surface area contributed by atoms with Crippen molar-refractivity contribution >= 4 is 46.7 Å². The average Bonchev–Trinajstić information content (AvgIpc) is 3.11. The van der Waals surface area contributed by atoms with Gasteiger partial charge in [0.25, 0.3) is 5.91 Å². The number of nitrogens with one attached hydrogen (secondary N) is 2. The molecule has 33 heavy (non-hydrogen) atoms. The number of hydrogen-bond acceptors (Lipinski definition) is 5. The highest BCUT2D eigenvalue weighted by molar-refractivity contribution is 6.31. The van der Waals surface area contributed by atoms with Crippen LogP contribution >= 0.6 is 23.2 Å². The number of urea groups is 1. The van der Waals surface area contributed by atoms with Crippen LogP contribution in [0.2, 0.25) is 10.0 Å². The summed E-state index contributed by atoms with van der Waals surface area (Å²) in [6.07, 6.45) is 0.148. The quantitative estimate of drug-likeness (QED) is 0.606. The highest BCUT2D eigenvalue weighted by Gasteiger charge is 2.49. The number of nitrogens with zero attached hydrogens (tertiary/aromatic N) is 2. The van der Waals surface area contributed by atoms with Gasteiger partial charge in [-0.25, -0.2) is 4.79 Å². The fourth-order valence-electron chi connectivity index (χ4n) is 4.35. The van der Waals surface area contributed by atoms with Crippen molar-refractivity contribution in [1.29, 1.82) is 0 Å². The average molecular weight is 491 g/mol. The van der Waals surface area contributed by atoms with Crippen LogP contribution in [0.3, 0.4) is 0 Å². The second-order valence-corrected chi connectivity index (χ2v) is 8.88. The van der Waals surface area contributed by atoms with E-state index in [1.54, 1.807) is 23.1 Å². The van der Waals surface area contributed by atoms with Crippen LogP contribution in [0.25, 0.3) is 0 Å². The third-order valence-electron chi connectivity index (χ3n) is 6.08. The van der Waals surface area contributed by atoms with Gasteiger partial charge in [-0.05, 0) is 42.8 Å². The molecule has 2 aliphatic rings. The molecule has 2 aromatic rings. The molecule has 0 aromatic heterocycles. The Hall–Kier alpha value is -2.97. The summed E-state index contributed by atoms with van der Waals surface area (Å²) in [5.41, 5.74) is -0.00244. The number of hydrogen-bond donors (Lipinski definition) is 2. The lowest BCUT2D eigenvalue weighted by Gasteiger charge is -2.37. The van der Waals surface area contributed by atoms with Crippen molar-refractivity contribution in [3.63, 3.8) is 0 Å². The molecule has 2 aliphatic heterocycles. The summed E-state index contributed by atoms with van der Waals surface area (Å²) in [6.45, 7) is 2.46. The van der Waals surface area contributed by atoms with Crippen LogP contribution in [-0.2, 0) is 15.1 Å². The van der Waals surface area contributed by atoms with Crippen LogP contribution in [0.4, 0.5) is 10.5 Å². The molecular weight excluding hydrogens is 467 g/mol. The summed E-state index contributed by atoms with van der Waals surface area (Å²) in [5, 5.41) is 6.04. The van der Waals surface area contributed by atoms with E-state index in [0.29, 0.717) is 47.5 Å². The predicted octanol–water partition coefficient (Wildman–Crippen LogP) is 3.17. The second-order valence-electron chi connectivity index (χ2n) is 8.01. The number of carbonyl (C=O) groups excluding carboxylic acids is 3. The molecule has 4 amide bonds. The highest BCUT2D eigenvalue weighted by Crippen LogP contribution is 2.38. The van der Waals surface area contributed by atoms with E-state index in [9.17, 15) is 14.4 Å². The van der Waals surface area contributed by atoms with Crippen LogP contribution in [-0.4, -0.2) is 56.0 Å². The van der Waals surface area contributed by atoms with Crippen LogP contribution < -0.4 is 20.3 Å². The van der Waals surface area contributed by atoms with Gasteiger partial charge < -0.3 is 19.9 Å². The van der Waals surface area contributed by atoms with Crippen molar-refractivity contribution in [2.24, 2.45) is 0 Å². The molecule has 174 valence electrons. The summed E-state index contributed by atoms with van der Waals surface area (Å²) in [4.78, 5) is 41.9. The van der Waals surface area contributed by atoms with Crippen LogP contribution in [0, 0.1) is 0 Å². The summed E-state index contributed by atoms with van der Waals surface area (Å²) in [7, 11) is 1.47. The Morgan fingerprint density at radius 2 is 1.79 bits per heavy atom. The number of imide groups is 1. The third-order valence-corrected chi connectivity index (χ3v) is 6.55. The Morgan fingerprint density at radius 1 is 1.06 bits per heavy atom. The van der Waals surface area contributed by atoms with Gasteiger partial charge in [0.15, 0.2) is 5.54 Å². The SMILES string of the molecule is COc1ccc(Cl)cc1C1(CCC(=O)N2CCN(c3cccc(Cl)c3)CC2)NC(=O)NC1=O. The first-order valence-corrected chi connectivity index (χ1v) is 11.3. The summed E-state index contributed by atoms with van der Waals surface area (Å²) < 4.78 is 5.41. The predicted molar refractivity (Wildman–Crippen MR) is 126 cm³/mol. The lowest BCUT2D eigenvalue weighted by Crippen LogP contribution is -2.50. The molecule has 1 atom stereocenters. The number of anilines is 1. The van der Waals surface area contributed by atoms with Gasteiger partial charge in [0.2, 0.25) is 5.91 Å². The van der Waals surface area contributed by atoms with Gasteiger partial charge in [0.1, 0.15) is 5.75 Å². The van der Waals surface area contributed by atoms with Gasteiger partial charge in [0.05, 0.1) is 7.11 Å². The Labute approximate surface area is 201 Å². The molecule has 0 aliphatic carbocycles. The number of carbonyl (C=O) groups is 3. The third kappa shape index (κ3) is 4.72. The first-order valence-electron chi connectivity index (χ1n) is 10.6. The minimum atomic E-state index is -1.44. The lowest BCUT2D eigenvalue weighted by molar-refractivity contribution is -0.132. The van der Waals surface area contributed by atoms with E-state index in [4.69, 9.17) is 27.9 Å². The number of ether oxygens (including phenoxy) is 1. The zero-order chi connectivity index (χ0) is 23.6. The lowest BCUT2D eigenvalue weighted by atomic mass is 9.84. The number of rotatable bonds is 6. The number of piperazine rings is 1. The van der Waals surface area contributed by atoms with Crippen LogP contribution in [0.5, 0.6) is 5.75 Å². The molecule has 2 saturated heterocycles. The molecule has 0 saturated carbocycles. The molecule has 2 heterocycles. The maximum absolute atomic E-state index is 13.0. The molecule has 2 N–H and O–H groups in total.